The quantitative estimate of drug-likeness (QED) is 0.598. The van der Waals surface area contributed by atoms with E-state index in [1.165, 1.54) is 31.6 Å². The topological polar surface area (TPSA) is 54.9 Å². The zero-order valence-corrected chi connectivity index (χ0v) is 20.6. The Morgan fingerprint density at radius 2 is 1.71 bits per heavy atom. The first-order valence-corrected chi connectivity index (χ1v) is 12.4. The molecule has 3 aliphatic heterocycles. The number of nitrogens with zero attached hydrogens (tertiary/aromatic N) is 4. The third kappa shape index (κ3) is 4.65. The van der Waals surface area contributed by atoms with Crippen molar-refractivity contribution >= 4 is 17.1 Å². The Kier molecular flexibility index (Phi) is 6.53. The van der Waals surface area contributed by atoms with Gasteiger partial charge < -0.3 is 14.8 Å². The van der Waals surface area contributed by atoms with E-state index in [9.17, 15) is 4.79 Å². The van der Waals surface area contributed by atoms with E-state index in [4.69, 9.17) is 4.99 Å². The summed E-state index contributed by atoms with van der Waals surface area (Å²) < 4.78 is 0. The fraction of sp³-hybridized carbons (Fsp3) is 0.429. The lowest BCUT2D eigenvalue weighted by atomic mass is 10.0. The highest BCUT2D eigenvalue weighted by Gasteiger charge is 2.26. The van der Waals surface area contributed by atoms with Gasteiger partial charge in [0, 0.05) is 49.2 Å². The number of aryl methyl sites for hydroxylation is 1. The average Bonchev–Trinajstić information content (AvgIpc) is 2.99. The molecule has 1 aliphatic carbocycles. The number of likely N-dealkylation sites (tertiary alicyclic amines) is 1. The molecule has 34 heavy (non-hydrogen) atoms. The molecule has 0 aromatic heterocycles. The molecule has 1 aromatic carbocycles. The number of benzene rings is 1. The smallest absolute Gasteiger partial charge is 0.258 e. The van der Waals surface area contributed by atoms with Crippen LogP contribution in [0.3, 0.4) is 0 Å². The summed E-state index contributed by atoms with van der Waals surface area (Å²) in [4.78, 5) is 28.2. The first-order chi connectivity index (χ1) is 16.5. The number of aromatic nitrogens is 1. The monoisotopic (exact) mass is 457 g/mol. The van der Waals surface area contributed by atoms with E-state index in [2.05, 4.69) is 51.9 Å². The van der Waals surface area contributed by atoms with Gasteiger partial charge in [0.05, 0.1) is 17.0 Å². The van der Waals surface area contributed by atoms with Crippen LogP contribution in [0.1, 0.15) is 30.9 Å². The highest BCUT2D eigenvalue weighted by molar-refractivity contribution is 6.05. The molecule has 5 rings (SSSR count). The van der Waals surface area contributed by atoms with Crippen molar-refractivity contribution in [2.24, 2.45) is 4.99 Å². The standard InChI is InChI=1S/C28H35N5O/c1-20-9-10-23(33-17-15-32(16-18-33)22-11-13-31(3)14-12-22)19-26(20)29-21(2)27-24-7-5-4-6-8-25(24)30-28(27)34/h4-10,19,22H,11-18H2,1-3H3,(H,30,34). The van der Waals surface area contributed by atoms with E-state index < -0.39 is 0 Å². The fourth-order valence-corrected chi connectivity index (χ4v) is 5.40. The number of aliphatic imine (C=N–C) groups is 1. The summed E-state index contributed by atoms with van der Waals surface area (Å²) in [5.41, 5.74) is 6.34. The maximum absolute atomic E-state index is 12.7. The molecule has 0 spiro atoms. The summed E-state index contributed by atoms with van der Waals surface area (Å²) in [6.07, 6.45) is 2.57. The second-order valence-corrected chi connectivity index (χ2v) is 9.79. The van der Waals surface area contributed by atoms with Crippen molar-refractivity contribution in [1.82, 2.24) is 14.8 Å². The van der Waals surface area contributed by atoms with Crippen LogP contribution in [-0.2, 0) is 0 Å². The molecule has 2 fully saturated rings. The molecule has 0 saturated carbocycles. The molecule has 6 nitrogen and oxygen atoms in total. The number of piperidine rings is 1. The first kappa shape index (κ1) is 22.8. The zero-order valence-electron chi connectivity index (χ0n) is 20.6. The van der Waals surface area contributed by atoms with E-state index >= 15 is 0 Å². The normalized spacial score (nSPS) is 19.1. The van der Waals surface area contributed by atoms with Crippen LogP contribution in [0.5, 0.6) is 0 Å². The molecule has 0 radical (unpaired) electrons. The molecule has 178 valence electrons. The minimum absolute atomic E-state index is 0.0821. The van der Waals surface area contributed by atoms with Crippen molar-refractivity contribution in [1.29, 1.82) is 0 Å². The van der Waals surface area contributed by atoms with Gasteiger partial charge in [-0.05, 0) is 70.6 Å². The third-order valence-corrected chi connectivity index (χ3v) is 7.51. The lowest BCUT2D eigenvalue weighted by Crippen LogP contribution is -2.53. The SMILES string of the molecule is CC(=Nc1cc(N2CCN(C3CCN(C)CC3)CC2)ccc1C)c1c2cccccc-2[nH]c1=O. The number of piperazine rings is 1. The molecule has 0 amide bonds. The zero-order chi connectivity index (χ0) is 23.7. The average molecular weight is 458 g/mol. The van der Waals surface area contributed by atoms with E-state index in [0.29, 0.717) is 5.56 Å². The number of H-pyrrole nitrogens is 1. The molecule has 1 aromatic rings. The summed E-state index contributed by atoms with van der Waals surface area (Å²) in [5, 5.41) is 0. The van der Waals surface area contributed by atoms with Crippen LogP contribution in [0.25, 0.3) is 11.3 Å². The van der Waals surface area contributed by atoms with Crippen LogP contribution in [0.15, 0.2) is 58.3 Å². The molecule has 6 heteroatoms. The fourth-order valence-electron chi connectivity index (χ4n) is 5.40. The molecule has 3 heterocycles. The van der Waals surface area contributed by atoms with Crippen molar-refractivity contribution < 1.29 is 0 Å². The number of fused-ring (bicyclic) bond motifs is 1. The van der Waals surface area contributed by atoms with E-state index in [-0.39, 0.29) is 5.56 Å². The number of aromatic amines is 1. The Morgan fingerprint density at radius 3 is 2.47 bits per heavy atom. The van der Waals surface area contributed by atoms with E-state index in [1.54, 1.807) is 0 Å². The van der Waals surface area contributed by atoms with Crippen molar-refractivity contribution in [3.05, 3.63) is 70.0 Å². The van der Waals surface area contributed by atoms with Crippen LogP contribution in [0.2, 0.25) is 0 Å². The van der Waals surface area contributed by atoms with Gasteiger partial charge in [-0.2, -0.15) is 0 Å². The van der Waals surface area contributed by atoms with E-state index in [1.807, 2.05) is 37.3 Å². The van der Waals surface area contributed by atoms with Crippen molar-refractivity contribution in [3.63, 3.8) is 0 Å². The molecule has 0 unspecified atom stereocenters. The predicted molar refractivity (Wildman–Crippen MR) is 141 cm³/mol. The van der Waals surface area contributed by atoms with Crippen LogP contribution >= 0.6 is 0 Å². The first-order valence-electron chi connectivity index (χ1n) is 12.4. The van der Waals surface area contributed by atoms with Crippen LogP contribution in [0, 0.1) is 6.92 Å². The minimum Gasteiger partial charge on any atom is -0.369 e. The van der Waals surface area contributed by atoms with Gasteiger partial charge in [0.25, 0.3) is 5.56 Å². The Bertz CT molecular complexity index is 1200. The molecule has 0 atom stereocenters. The molecule has 1 N–H and O–H groups in total. The lowest BCUT2D eigenvalue weighted by Gasteiger charge is -2.43. The summed E-state index contributed by atoms with van der Waals surface area (Å²) >= 11 is 0. The van der Waals surface area contributed by atoms with Crippen LogP contribution < -0.4 is 10.5 Å². The number of nitrogens with one attached hydrogen (secondary N) is 1. The molecular formula is C28H35N5O. The second kappa shape index (κ2) is 9.72. The Labute approximate surface area is 202 Å². The number of rotatable bonds is 4. The van der Waals surface area contributed by atoms with Gasteiger partial charge in [-0.1, -0.05) is 30.3 Å². The number of anilines is 1. The molecule has 4 aliphatic rings. The Hall–Kier alpha value is -2.96. The predicted octanol–water partition coefficient (Wildman–Crippen LogP) is 4.15. The second-order valence-electron chi connectivity index (χ2n) is 9.79. The highest BCUT2D eigenvalue weighted by atomic mass is 16.1. The van der Waals surface area contributed by atoms with Crippen molar-refractivity contribution in [3.8, 4) is 11.3 Å². The number of hydrogen-bond donors (Lipinski definition) is 1. The molecule has 2 saturated heterocycles. The van der Waals surface area contributed by atoms with Gasteiger partial charge in [0.2, 0.25) is 0 Å². The van der Waals surface area contributed by atoms with Crippen LogP contribution in [-0.4, -0.2) is 72.9 Å². The molecule has 0 bridgehead atoms. The van der Waals surface area contributed by atoms with Gasteiger partial charge >= 0.3 is 0 Å². The van der Waals surface area contributed by atoms with Crippen molar-refractivity contribution in [2.75, 3.05) is 51.2 Å². The lowest BCUT2D eigenvalue weighted by molar-refractivity contribution is 0.115. The highest BCUT2D eigenvalue weighted by Crippen LogP contribution is 2.29. The van der Waals surface area contributed by atoms with E-state index in [0.717, 1.165) is 60.4 Å². The third-order valence-electron chi connectivity index (χ3n) is 7.51. The largest absolute Gasteiger partial charge is 0.369 e. The van der Waals surface area contributed by atoms with Gasteiger partial charge in [-0.3, -0.25) is 14.7 Å². The summed E-state index contributed by atoms with van der Waals surface area (Å²) in [5.74, 6) is 0. The summed E-state index contributed by atoms with van der Waals surface area (Å²) in [6.45, 7) is 10.8. The van der Waals surface area contributed by atoms with Gasteiger partial charge in [-0.25, -0.2) is 0 Å². The van der Waals surface area contributed by atoms with Crippen LogP contribution in [0.4, 0.5) is 11.4 Å². The number of hydrogen-bond acceptors (Lipinski definition) is 5. The van der Waals surface area contributed by atoms with Gasteiger partial charge in [0.1, 0.15) is 0 Å². The summed E-state index contributed by atoms with van der Waals surface area (Å²) in [7, 11) is 2.23. The maximum atomic E-state index is 12.7. The Morgan fingerprint density at radius 1 is 0.971 bits per heavy atom. The maximum Gasteiger partial charge on any atom is 0.258 e. The summed E-state index contributed by atoms with van der Waals surface area (Å²) in [6, 6.07) is 17.1. The van der Waals surface area contributed by atoms with Gasteiger partial charge in [-0.15, -0.1) is 0 Å². The molecular weight excluding hydrogens is 422 g/mol. The minimum atomic E-state index is -0.0821. The van der Waals surface area contributed by atoms with Gasteiger partial charge in [0.15, 0.2) is 0 Å². The Balaban J connectivity index is 1.34. The van der Waals surface area contributed by atoms with Crippen molar-refractivity contribution in [2.45, 2.75) is 32.7 Å².